The number of fused-ring (bicyclic) bond motifs is 1. The van der Waals surface area contributed by atoms with Crippen molar-refractivity contribution in [1.29, 1.82) is 0 Å². The number of nitrogens with zero attached hydrogens (tertiary/aromatic N) is 3. The van der Waals surface area contributed by atoms with Gasteiger partial charge in [-0.25, -0.2) is 4.79 Å². The topological polar surface area (TPSA) is 93.9 Å². The van der Waals surface area contributed by atoms with E-state index in [9.17, 15) is 9.59 Å². The standard InChI is InChI=1S/C18H19N3O5/c22-17(16-11-25-14-3-1-2-4-15(14)26-16)20-7-5-13(6-8-20)21-10-12(9-19-21)18(23)24/h1-4,9-10,13,16H,5-8,11H2,(H,23,24). The summed E-state index contributed by atoms with van der Waals surface area (Å²) in [6, 6.07) is 7.41. The highest BCUT2D eigenvalue weighted by molar-refractivity contribution is 5.86. The number of carboxylic acids is 1. The molecule has 1 atom stereocenters. The number of ether oxygens (including phenoxy) is 2. The van der Waals surface area contributed by atoms with Gasteiger partial charge in [0.25, 0.3) is 5.91 Å². The van der Waals surface area contributed by atoms with Crippen LogP contribution in [0.25, 0.3) is 0 Å². The van der Waals surface area contributed by atoms with Gasteiger partial charge in [0, 0.05) is 19.3 Å². The molecule has 4 rings (SSSR count). The number of piperidine rings is 1. The second kappa shape index (κ2) is 6.70. The average Bonchev–Trinajstić information content (AvgIpc) is 3.18. The van der Waals surface area contributed by atoms with Crippen LogP contribution in [0.3, 0.4) is 0 Å². The van der Waals surface area contributed by atoms with Crippen LogP contribution < -0.4 is 9.47 Å². The third kappa shape index (κ3) is 3.10. The predicted molar refractivity (Wildman–Crippen MR) is 90.4 cm³/mol. The first kappa shape index (κ1) is 16.4. The van der Waals surface area contributed by atoms with E-state index in [-0.39, 0.29) is 24.1 Å². The van der Waals surface area contributed by atoms with Crippen molar-refractivity contribution in [3.05, 3.63) is 42.2 Å². The highest BCUT2D eigenvalue weighted by atomic mass is 16.6. The molecule has 0 bridgehead atoms. The number of hydrogen-bond acceptors (Lipinski definition) is 5. The number of para-hydroxylation sites is 2. The molecule has 2 aromatic rings. The molecule has 1 N–H and O–H groups in total. The molecule has 26 heavy (non-hydrogen) atoms. The number of aromatic carboxylic acids is 1. The number of carbonyl (C=O) groups is 2. The maximum absolute atomic E-state index is 12.7. The second-order valence-electron chi connectivity index (χ2n) is 6.43. The summed E-state index contributed by atoms with van der Waals surface area (Å²) < 4.78 is 13.1. The predicted octanol–water partition coefficient (Wildman–Crippen LogP) is 1.58. The Kier molecular flexibility index (Phi) is 4.24. The van der Waals surface area contributed by atoms with E-state index in [0.717, 1.165) is 12.8 Å². The van der Waals surface area contributed by atoms with Gasteiger partial charge in [-0.2, -0.15) is 5.10 Å². The van der Waals surface area contributed by atoms with Crippen molar-refractivity contribution < 1.29 is 24.2 Å². The van der Waals surface area contributed by atoms with Crippen molar-refractivity contribution in [2.24, 2.45) is 0 Å². The fourth-order valence-corrected chi connectivity index (χ4v) is 3.34. The number of likely N-dealkylation sites (tertiary alicyclic amines) is 1. The summed E-state index contributed by atoms with van der Waals surface area (Å²) in [5.41, 5.74) is 0.176. The van der Waals surface area contributed by atoms with Crippen LogP contribution in [0.2, 0.25) is 0 Å². The van der Waals surface area contributed by atoms with Gasteiger partial charge in [0.2, 0.25) is 6.10 Å². The third-order valence-corrected chi connectivity index (χ3v) is 4.78. The summed E-state index contributed by atoms with van der Waals surface area (Å²) in [7, 11) is 0. The van der Waals surface area contributed by atoms with Crippen LogP contribution in [0.15, 0.2) is 36.7 Å². The van der Waals surface area contributed by atoms with E-state index in [1.807, 2.05) is 18.2 Å². The lowest BCUT2D eigenvalue weighted by Crippen LogP contribution is -2.49. The molecule has 2 aliphatic heterocycles. The molecule has 8 heteroatoms. The normalized spacial score (nSPS) is 20.0. The Labute approximate surface area is 149 Å². The van der Waals surface area contributed by atoms with Crippen molar-refractivity contribution in [2.45, 2.75) is 25.0 Å². The van der Waals surface area contributed by atoms with Crippen molar-refractivity contribution in [1.82, 2.24) is 14.7 Å². The fourth-order valence-electron chi connectivity index (χ4n) is 3.34. The zero-order valence-electron chi connectivity index (χ0n) is 14.1. The highest BCUT2D eigenvalue weighted by Gasteiger charge is 2.33. The molecule has 1 amide bonds. The summed E-state index contributed by atoms with van der Waals surface area (Å²) in [5, 5.41) is 13.1. The van der Waals surface area contributed by atoms with E-state index in [1.165, 1.54) is 6.20 Å². The van der Waals surface area contributed by atoms with E-state index in [4.69, 9.17) is 14.6 Å². The van der Waals surface area contributed by atoms with E-state index in [2.05, 4.69) is 5.10 Å². The minimum atomic E-state index is -0.987. The molecule has 136 valence electrons. The number of amides is 1. The molecular weight excluding hydrogens is 338 g/mol. The number of benzene rings is 1. The van der Waals surface area contributed by atoms with Crippen LogP contribution in [0.4, 0.5) is 0 Å². The zero-order valence-corrected chi connectivity index (χ0v) is 14.1. The molecule has 3 heterocycles. The number of carboxylic acid groups (broad SMARTS) is 1. The lowest BCUT2D eigenvalue weighted by atomic mass is 10.0. The molecule has 0 radical (unpaired) electrons. The second-order valence-corrected chi connectivity index (χ2v) is 6.43. The number of rotatable bonds is 3. The summed E-state index contributed by atoms with van der Waals surface area (Å²) in [6.07, 6.45) is 3.70. The maximum Gasteiger partial charge on any atom is 0.338 e. The molecule has 1 aromatic heterocycles. The molecule has 1 unspecified atom stereocenters. The Hall–Kier alpha value is -3.03. The first-order valence-corrected chi connectivity index (χ1v) is 8.56. The number of hydrogen-bond donors (Lipinski definition) is 1. The van der Waals surface area contributed by atoms with Gasteiger partial charge in [0.15, 0.2) is 11.5 Å². The van der Waals surface area contributed by atoms with Gasteiger partial charge in [-0.05, 0) is 25.0 Å². The first-order chi connectivity index (χ1) is 12.6. The summed E-state index contributed by atoms with van der Waals surface area (Å²) in [4.78, 5) is 25.5. The first-order valence-electron chi connectivity index (χ1n) is 8.56. The fraction of sp³-hybridized carbons (Fsp3) is 0.389. The lowest BCUT2D eigenvalue weighted by Gasteiger charge is -2.35. The summed E-state index contributed by atoms with van der Waals surface area (Å²) in [5.74, 6) is 0.177. The SMILES string of the molecule is O=C(O)c1cnn(C2CCN(C(=O)C3COc4ccccc4O3)CC2)c1. The molecule has 0 saturated carbocycles. The van der Waals surface area contributed by atoms with Crippen LogP contribution in [-0.4, -0.2) is 57.5 Å². The van der Waals surface area contributed by atoms with Crippen molar-refractivity contribution >= 4 is 11.9 Å². The van der Waals surface area contributed by atoms with Gasteiger partial charge in [0.1, 0.15) is 6.61 Å². The minimum Gasteiger partial charge on any atom is -0.485 e. The van der Waals surface area contributed by atoms with Gasteiger partial charge < -0.3 is 19.5 Å². The number of aromatic nitrogens is 2. The lowest BCUT2D eigenvalue weighted by molar-refractivity contribution is -0.142. The monoisotopic (exact) mass is 357 g/mol. The van der Waals surface area contributed by atoms with Gasteiger partial charge >= 0.3 is 5.97 Å². The molecule has 2 aliphatic rings. The molecular formula is C18H19N3O5. The van der Waals surface area contributed by atoms with Gasteiger partial charge in [-0.15, -0.1) is 0 Å². The smallest absolute Gasteiger partial charge is 0.338 e. The van der Waals surface area contributed by atoms with Gasteiger partial charge in [-0.1, -0.05) is 12.1 Å². The Morgan fingerprint density at radius 1 is 1.15 bits per heavy atom. The quantitative estimate of drug-likeness (QED) is 0.896. The van der Waals surface area contributed by atoms with Crippen molar-refractivity contribution in [3.63, 3.8) is 0 Å². The van der Waals surface area contributed by atoms with E-state index in [1.54, 1.807) is 21.8 Å². The molecule has 0 spiro atoms. The van der Waals surface area contributed by atoms with E-state index in [0.29, 0.717) is 24.6 Å². The van der Waals surface area contributed by atoms with Crippen molar-refractivity contribution in [2.75, 3.05) is 19.7 Å². The minimum absolute atomic E-state index is 0.0790. The van der Waals surface area contributed by atoms with Crippen molar-refractivity contribution in [3.8, 4) is 11.5 Å². The Bertz CT molecular complexity index is 826. The molecule has 1 saturated heterocycles. The van der Waals surface area contributed by atoms with Crippen LogP contribution in [0.5, 0.6) is 11.5 Å². The van der Waals surface area contributed by atoms with Crippen LogP contribution in [0, 0.1) is 0 Å². The molecule has 8 nitrogen and oxygen atoms in total. The molecule has 1 aromatic carbocycles. The summed E-state index contributed by atoms with van der Waals surface area (Å²) in [6.45, 7) is 1.36. The zero-order chi connectivity index (χ0) is 18.1. The summed E-state index contributed by atoms with van der Waals surface area (Å²) >= 11 is 0. The molecule has 1 fully saturated rings. The Morgan fingerprint density at radius 3 is 2.58 bits per heavy atom. The molecule has 0 aliphatic carbocycles. The van der Waals surface area contributed by atoms with Crippen LogP contribution in [0.1, 0.15) is 29.2 Å². The van der Waals surface area contributed by atoms with Crippen LogP contribution in [-0.2, 0) is 4.79 Å². The third-order valence-electron chi connectivity index (χ3n) is 4.78. The number of carbonyl (C=O) groups excluding carboxylic acids is 1. The van der Waals surface area contributed by atoms with Gasteiger partial charge in [0.05, 0.1) is 17.8 Å². The van der Waals surface area contributed by atoms with Crippen LogP contribution >= 0.6 is 0 Å². The Morgan fingerprint density at radius 2 is 1.88 bits per heavy atom. The highest BCUT2D eigenvalue weighted by Crippen LogP contribution is 2.32. The van der Waals surface area contributed by atoms with E-state index >= 15 is 0 Å². The van der Waals surface area contributed by atoms with Gasteiger partial charge in [-0.3, -0.25) is 9.48 Å². The average molecular weight is 357 g/mol. The maximum atomic E-state index is 12.7. The largest absolute Gasteiger partial charge is 0.485 e. The van der Waals surface area contributed by atoms with E-state index < -0.39 is 12.1 Å². The Balaban J connectivity index is 1.36.